The largest absolute Gasteiger partial charge is 0.355 e. The molecule has 3 rings (SSSR count). The quantitative estimate of drug-likeness (QED) is 0.678. The summed E-state index contributed by atoms with van der Waals surface area (Å²) < 4.78 is 0. The van der Waals surface area contributed by atoms with Crippen LogP contribution in [0.4, 0.5) is 5.69 Å². The summed E-state index contributed by atoms with van der Waals surface area (Å²) in [7, 11) is 0. The molecular formula is C16H11N3O3. The number of carbonyl (C=O) groups excluding carboxylic acids is 3. The van der Waals surface area contributed by atoms with Crippen LogP contribution in [0.3, 0.4) is 0 Å². The Morgan fingerprint density at radius 3 is 2.77 bits per heavy atom. The third-order valence-electron chi connectivity index (χ3n) is 3.22. The lowest BCUT2D eigenvalue weighted by atomic mass is 9.98. The van der Waals surface area contributed by atoms with Crippen LogP contribution in [0, 0.1) is 0 Å². The van der Waals surface area contributed by atoms with Gasteiger partial charge in [-0.3, -0.25) is 14.4 Å². The van der Waals surface area contributed by atoms with Gasteiger partial charge in [0, 0.05) is 23.0 Å². The topological polar surface area (TPSA) is 88.0 Å². The van der Waals surface area contributed by atoms with Gasteiger partial charge in [0.2, 0.25) is 5.78 Å². The SMILES string of the molecule is CC(=O)c1cccc(NC2=CC(=O)C3=NC=NC(=O)C3=C2)c1. The maximum Gasteiger partial charge on any atom is 0.280 e. The molecule has 1 aromatic carbocycles. The molecule has 0 saturated heterocycles. The number of nitrogens with zero attached hydrogens (tertiary/aromatic N) is 2. The molecule has 0 saturated carbocycles. The van der Waals surface area contributed by atoms with Crippen LogP contribution < -0.4 is 5.32 Å². The highest BCUT2D eigenvalue weighted by Gasteiger charge is 2.27. The lowest BCUT2D eigenvalue weighted by Crippen LogP contribution is -2.27. The number of hydrogen-bond acceptors (Lipinski definition) is 5. The van der Waals surface area contributed by atoms with E-state index in [0.717, 1.165) is 6.34 Å². The molecule has 0 atom stereocenters. The Morgan fingerprint density at radius 1 is 1.18 bits per heavy atom. The monoisotopic (exact) mass is 293 g/mol. The molecule has 1 N–H and O–H groups in total. The summed E-state index contributed by atoms with van der Waals surface area (Å²) in [5, 5.41) is 3.01. The predicted molar refractivity (Wildman–Crippen MR) is 82.2 cm³/mol. The lowest BCUT2D eigenvalue weighted by molar-refractivity contribution is -0.114. The van der Waals surface area contributed by atoms with Crippen LogP contribution in [0.25, 0.3) is 0 Å². The normalized spacial score (nSPS) is 16.5. The van der Waals surface area contributed by atoms with Gasteiger partial charge >= 0.3 is 0 Å². The smallest absolute Gasteiger partial charge is 0.280 e. The highest BCUT2D eigenvalue weighted by atomic mass is 16.2. The summed E-state index contributed by atoms with van der Waals surface area (Å²) in [4.78, 5) is 42.5. The van der Waals surface area contributed by atoms with Gasteiger partial charge in [-0.1, -0.05) is 12.1 Å². The fourth-order valence-electron chi connectivity index (χ4n) is 2.17. The Hall–Kier alpha value is -3.15. The molecule has 0 spiro atoms. The van der Waals surface area contributed by atoms with Crippen molar-refractivity contribution < 1.29 is 14.4 Å². The minimum absolute atomic E-state index is 0.0538. The van der Waals surface area contributed by atoms with Crippen LogP contribution >= 0.6 is 0 Å². The number of carbonyl (C=O) groups is 3. The van der Waals surface area contributed by atoms with Crippen LogP contribution in [0.1, 0.15) is 17.3 Å². The van der Waals surface area contributed by atoms with E-state index >= 15 is 0 Å². The summed E-state index contributed by atoms with van der Waals surface area (Å²) in [6, 6.07) is 6.88. The Morgan fingerprint density at radius 2 is 2.00 bits per heavy atom. The van der Waals surface area contributed by atoms with Gasteiger partial charge in [0.1, 0.15) is 12.1 Å². The first-order chi connectivity index (χ1) is 10.5. The summed E-state index contributed by atoms with van der Waals surface area (Å²) in [6.45, 7) is 1.48. The third-order valence-corrected chi connectivity index (χ3v) is 3.22. The molecular weight excluding hydrogens is 282 g/mol. The van der Waals surface area contributed by atoms with Gasteiger partial charge in [-0.2, -0.15) is 4.99 Å². The van der Waals surface area contributed by atoms with Crippen molar-refractivity contribution in [2.45, 2.75) is 6.92 Å². The zero-order valence-electron chi connectivity index (χ0n) is 11.7. The molecule has 1 amide bonds. The van der Waals surface area contributed by atoms with E-state index in [1.807, 2.05) is 0 Å². The van der Waals surface area contributed by atoms with Crippen molar-refractivity contribution >= 4 is 35.2 Å². The fraction of sp³-hybridized carbons (Fsp3) is 0.0625. The van der Waals surface area contributed by atoms with Gasteiger partial charge in [0.25, 0.3) is 5.91 Å². The first kappa shape index (κ1) is 13.8. The third kappa shape index (κ3) is 2.54. The van der Waals surface area contributed by atoms with Gasteiger partial charge in [-0.05, 0) is 25.1 Å². The van der Waals surface area contributed by atoms with Crippen molar-refractivity contribution in [3.63, 3.8) is 0 Å². The number of Topliss-reactive ketones (excluding diaryl/α,β-unsaturated/α-hetero) is 1. The van der Waals surface area contributed by atoms with Gasteiger partial charge in [0.15, 0.2) is 5.78 Å². The average molecular weight is 293 g/mol. The first-order valence-electron chi connectivity index (χ1n) is 6.55. The predicted octanol–water partition coefficient (Wildman–Crippen LogP) is 1.70. The maximum absolute atomic E-state index is 12.0. The number of rotatable bonds is 3. The van der Waals surface area contributed by atoms with Crippen molar-refractivity contribution in [2.24, 2.45) is 9.98 Å². The van der Waals surface area contributed by atoms with Crippen molar-refractivity contribution in [1.29, 1.82) is 0 Å². The molecule has 1 aromatic rings. The molecule has 2 aliphatic rings. The molecule has 0 unspecified atom stereocenters. The lowest BCUT2D eigenvalue weighted by Gasteiger charge is -2.16. The van der Waals surface area contributed by atoms with Gasteiger partial charge < -0.3 is 5.32 Å². The number of nitrogens with one attached hydrogen (secondary N) is 1. The standard InChI is InChI=1S/C16H11N3O3/c1-9(20)10-3-2-4-11(5-10)19-12-6-13-15(14(21)7-12)17-8-18-16(13)22/h2-8,19H,1H3. The zero-order chi connectivity index (χ0) is 15.7. The number of hydrogen-bond donors (Lipinski definition) is 1. The van der Waals surface area contributed by atoms with Gasteiger partial charge in [0.05, 0.1) is 5.57 Å². The summed E-state index contributed by atoms with van der Waals surface area (Å²) in [6.07, 6.45) is 3.96. The van der Waals surface area contributed by atoms with Crippen LogP contribution in [-0.4, -0.2) is 29.5 Å². The Bertz CT molecular complexity index is 829. The molecule has 108 valence electrons. The van der Waals surface area contributed by atoms with E-state index in [0.29, 0.717) is 16.9 Å². The molecule has 0 aromatic heterocycles. The van der Waals surface area contributed by atoms with Crippen LogP contribution in [0.15, 0.2) is 57.7 Å². The number of anilines is 1. The van der Waals surface area contributed by atoms with Crippen molar-refractivity contribution in [1.82, 2.24) is 0 Å². The second kappa shape index (κ2) is 5.33. The Kier molecular flexibility index (Phi) is 3.34. The van der Waals surface area contributed by atoms with Crippen LogP contribution in [-0.2, 0) is 9.59 Å². The molecule has 0 bridgehead atoms. The Balaban J connectivity index is 1.91. The van der Waals surface area contributed by atoms with E-state index in [1.165, 1.54) is 19.1 Å². The van der Waals surface area contributed by atoms with Gasteiger partial charge in [-0.15, -0.1) is 0 Å². The summed E-state index contributed by atoms with van der Waals surface area (Å²) in [5.41, 5.74) is 1.92. The number of aliphatic imine (C=N–C) groups is 2. The van der Waals surface area contributed by atoms with Crippen LogP contribution in [0.5, 0.6) is 0 Å². The van der Waals surface area contributed by atoms with E-state index in [4.69, 9.17) is 0 Å². The van der Waals surface area contributed by atoms with E-state index in [1.54, 1.807) is 24.3 Å². The second-order valence-electron chi connectivity index (χ2n) is 4.81. The average Bonchev–Trinajstić information content (AvgIpc) is 2.49. The summed E-state index contributed by atoms with van der Waals surface area (Å²) in [5.74, 6) is -0.910. The van der Waals surface area contributed by atoms with E-state index < -0.39 is 5.91 Å². The highest BCUT2D eigenvalue weighted by Crippen LogP contribution is 2.20. The van der Waals surface area contributed by atoms with E-state index in [9.17, 15) is 14.4 Å². The molecule has 6 nitrogen and oxygen atoms in total. The van der Waals surface area contributed by atoms with Gasteiger partial charge in [-0.25, -0.2) is 4.99 Å². The highest BCUT2D eigenvalue weighted by molar-refractivity contribution is 6.57. The molecule has 0 radical (unpaired) electrons. The minimum Gasteiger partial charge on any atom is -0.355 e. The minimum atomic E-state index is -0.497. The van der Waals surface area contributed by atoms with E-state index in [-0.39, 0.29) is 22.9 Å². The van der Waals surface area contributed by atoms with Crippen molar-refractivity contribution in [2.75, 3.05) is 5.32 Å². The molecule has 22 heavy (non-hydrogen) atoms. The first-order valence-corrected chi connectivity index (χ1v) is 6.55. The fourth-order valence-corrected chi connectivity index (χ4v) is 2.17. The van der Waals surface area contributed by atoms with Crippen molar-refractivity contribution in [3.05, 3.63) is 53.3 Å². The summed E-state index contributed by atoms with van der Waals surface area (Å²) >= 11 is 0. The number of benzene rings is 1. The van der Waals surface area contributed by atoms with Crippen LogP contribution in [0.2, 0.25) is 0 Å². The maximum atomic E-state index is 12.0. The molecule has 1 aliphatic heterocycles. The second-order valence-corrected chi connectivity index (χ2v) is 4.81. The van der Waals surface area contributed by atoms with Crippen molar-refractivity contribution in [3.8, 4) is 0 Å². The molecule has 6 heteroatoms. The number of ketones is 2. The Labute approximate surface area is 126 Å². The number of allylic oxidation sites excluding steroid dienone is 2. The molecule has 0 fully saturated rings. The molecule has 1 aliphatic carbocycles. The van der Waals surface area contributed by atoms with E-state index in [2.05, 4.69) is 15.3 Å². The molecule has 1 heterocycles. The number of amides is 1. The number of fused-ring (bicyclic) bond motifs is 1. The zero-order valence-corrected chi connectivity index (χ0v) is 11.7.